The van der Waals surface area contributed by atoms with Gasteiger partial charge in [-0.1, -0.05) is 6.07 Å². The molecule has 0 aliphatic carbocycles. The van der Waals surface area contributed by atoms with E-state index >= 15 is 0 Å². The van der Waals surface area contributed by atoms with Crippen LogP contribution >= 0.6 is 0 Å². The average Bonchev–Trinajstić information content (AvgIpc) is 2.32. The first-order valence-corrected chi connectivity index (χ1v) is 5.39. The van der Waals surface area contributed by atoms with E-state index in [9.17, 15) is 5.11 Å². The lowest BCUT2D eigenvalue weighted by atomic mass is 10.1. The predicted molar refractivity (Wildman–Crippen MR) is 64.4 cm³/mol. The highest BCUT2D eigenvalue weighted by molar-refractivity contribution is 5.66. The highest BCUT2D eigenvalue weighted by atomic mass is 16.7. The SMILES string of the molecule is CCOC(=NCCc1ccc(O)c(O)c1)OC. The topological polar surface area (TPSA) is 71.3 Å². The van der Waals surface area contributed by atoms with Crippen molar-refractivity contribution < 1.29 is 19.7 Å². The zero-order chi connectivity index (χ0) is 12.7. The number of nitrogens with zero attached hydrogens (tertiary/aromatic N) is 1. The zero-order valence-corrected chi connectivity index (χ0v) is 10.0. The van der Waals surface area contributed by atoms with Crippen LogP contribution in [0.15, 0.2) is 23.2 Å². The van der Waals surface area contributed by atoms with Crippen molar-refractivity contribution in [3.05, 3.63) is 23.8 Å². The molecule has 0 saturated heterocycles. The molecule has 0 atom stereocenters. The Balaban J connectivity index is 2.52. The second-order valence-electron chi connectivity index (χ2n) is 3.36. The molecule has 0 radical (unpaired) electrons. The zero-order valence-electron chi connectivity index (χ0n) is 10.0. The molecule has 1 rings (SSSR count). The summed E-state index contributed by atoms with van der Waals surface area (Å²) in [5, 5.41) is 18.5. The van der Waals surface area contributed by atoms with Crippen molar-refractivity contribution >= 4 is 6.08 Å². The smallest absolute Gasteiger partial charge is 0.383 e. The molecule has 1 aromatic carbocycles. The van der Waals surface area contributed by atoms with E-state index in [1.165, 1.54) is 19.2 Å². The summed E-state index contributed by atoms with van der Waals surface area (Å²) in [5.74, 6) is -0.243. The number of methoxy groups -OCH3 is 1. The van der Waals surface area contributed by atoms with Crippen LogP contribution in [0.1, 0.15) is 12.5 Å². The van der Waals surface area contributed by atoms with Crippen molar-refractivity contribution in [2.45, 2.75) is 13.3 Å². The quantitative estimate of drug-likeness (QED) is 0.476. The molecule has 0 bridgehead atoms. The second-order valence-corrected chi connectivity index (χ2v) is 3.36. The summed E-state index contributed by atoms with van der Waals surface area (Å²) in [6.45, 7) is 2.85. The van der Waals surface area contributed by atoms with Gasteiger partial charge in [0.25, 0.3) is 0 Å². The largest absolute Gasteiger partial charge is 0.504 e. The number of hydrogen-bond acceptors (Lipinski definition) is 5. The Hall–Kier alpha value is -1.91. The molecular weight excluding hydrogens is 222 g/mol. The Morgan fingerprint density at radius 1 is 1.29 bits per heavy atom. The number of benzene rings is 1. The Morgan fingerprint density at radius 2 is 2.06 bits per heavy atom. The van der Waals surface area contributed by atoms with Gasteiger partial charge in [0, 0.05) is 0 Å². The van der Waals surface area contributed by atoms with Crippen molar-refractivity contribution in [3.8, 4) is 11.5 Å². The highest BCUT2D eigenvalue weighted by Crippen LogP contribution is 2.24. The van der Waals surface area contributed by atoms with E-state index in [4.69, 9.17) is 14.6 Å². The van der Waals surface area contributed by atoms with Gasteiger partial charge < -0.3 is 19.7 Å². The van der Waals surface area contributed by atoms with Crippen molar-refractivity contribution in [3.63, 3.8) is 0 Å². The molecule has 5 nitrogen and oxygen atoms in total. The highest BCUT2D eigenvalue weighted by Gasteiger charge is 2.01. The summed E-state index contributed by atoms with van der Waals surface area (Å²) in [4.78, 5) is 4.11. The Labute approximate surface area is 100 Å². The van der Waals surface area contributed by atoms with Crippen LogP contribution in [-0.4, -0.2) is 36.6 Å². The number of hydrogen-bond donors (Lipinski definition) is 2. The molecule has 0 aromatic heterocycles. The van der Waals surface area contributed by atoms with E-state index < -0.39 is 0 Å². The molecular formula is C12H17NO4. The lowest BCUT2D eigenvalue weighted by molar-refractivity contribution is 0.206. The molecule has 0 heterocycles. The molecule has 0 fully saturated rings. The average molecular weight is 239 g/mol. The lowest BCUT2D eigenvalue weighted by Gasteiger charge is -2.05. The minimum absolute atomic E-state index is 0.121. The maximum absolute atomic E-state index is 9.30. The van der Waals surface area contributed by atoms with Crippen molar-refractivity contribution in [2.75, 3.05) is 20.3 Å². The van der Waals surface area contributed by atoms with Crippen LogP contribution in [0.4, 0.5) is 0 Å². The first-order chi connectivity index (χ1) is 8.17. The van der Waals surface area contributed by atoms with Gasteiger partial charge in [0.15, 0.2) is 11.5 Å². The number of rotatable bonds is 4. The van der Waals surface area contributed by atoms with Gasteiger partial charge in [0.2, 0.25) is 0 Å². The molecule has 0 amide bonds. The molecule has 17 heavy (non-hydrogen) atoms. The molecule has 94 valence electrons. The van der Waals surface area contributed by atoms with E-state index in [0.717, 1.165) is 5.56 Å². The van der Waals surface area contributed by atoms with Gasteiger partial charge >= 0.3 is 6.08 Å². The maximum Gasteiger partial charge on any atom is 0.383 e. The first-order valence-electron chi connectivity index (χ1n) is 5.39. The number of ether oxygens (including phenoxy) is 2. The van der Waals surface area contributed by atoms with Crippen molar-refractivity contribution in [2.24, 2.45) is 4.99 Å². The van der Waals surface area contributed by atoms with Crippen LogP contribution in [0.25, 0.3) is 0 Å². The first kappa shape index (κ1) is 13.2. The molecule has 5 heteroatoms. The third-order valence-corrected chi connectivity index (χ3v) is 2.12. The molecule has 1 aromatic rings. The summed E-state index contributed by atoms with van der Waals surface area (Å²) in [5.41, 5.74) is 0.885. The van der Waals surface area contributed by atoms with Crippen molar-refractivity contribution in [1.82, 2.24) is 0 Å². The van der Waals surface area contributed by atoms with Crippen LogP contribution in [-0.2, 0) is 15.9 Å². The lowest BCUT2D eigenvalue weighted by Crippen LogP contribution is -2.08. The minimum Gasteiger partial charge on any atom is -0.504 e. The molecule has 0 spiro atoms. The van der Waals surface area contributed by atoms with Crippen LogP contribution in [0.2, 0.25) is 0 Å². The van der Waals surface area contributed by atoms with Gasteiger partial charge in [-0.05, 0) is 31.0 Å². The van der Waals surface area contributed by atoms with Gasteiger partial charge in [-0.15, -0.1) is 0 Å². The van der Waals surface area contributed by atoms with Gasteiger partial charge in [-0.25, -0.2) is 4.99 Å². The number of phenols is 2. The maximum atomic E-state index is 9.30. The van der Waals surface area contributed by atoms with Crippen LogP contribution in [0.3, 0.4) is 0 Å². The third-order valence-electron chi connectivity index (χ3n) is 2.12. The number of aromatic hydroxyl groups is 2. The van der Waals surface area contributed by atoms with Gasteiger partial charge in [0.1, 0.15) is 0 Å². The fraction of sp³-hybridized carbons (Fsp3) is 0.417. The molecule has 2 N–H and O–H groups in total. The van der Waals surface area contributed by atoms with Crippen molar-refractivity contribution in [1.29, 1.82) is 0 Å². The fourth-order valence-electron chi connectivity index (χ4n) is 1.29. The number of aliphatic imine (C=N–C) groups is 1. The number of phenolic OH excluding ortho intramolecular Hbond substituents is 2. The molecule has 0 unspecified atom stereocenters. The molecule has 0 aliphatic heterocycles. The Morgan fingerprint density at radius 3 is 2.65 bits per heavy atom. The van der Waals surface area contributed by atoms with E-state index in [1.54, 1.807) is 6.07 Å². The predicted octanol–water partition coefficient (Wildman–Crippen LogP) is 1.68. The summed E-state index contributed by atoms with van der Waals surface area (Å²) in [6.07, 6.45) is 0.892. The molecule has 0 aliphatic rings. The van der Waals surface area contributed by atoms with Crippen LogP contribution in [0.5, 0.6) is 11.5 Å². The Bertz CT molecular complexity index is 390. The summed E-state index contributed by atoms with van der Waals surface area (Å²) >= 11 is 0. The van der Waals surface area contributed by atoms with E-state index in [-0.39, 0.29) is 17.6 Å². The van der Waals surface area contributed by atoms with E-state index in [2.05, 4.69) is 4.99 Å². The second kappa shape index (κ2) is 6.62. The van der Waals surface area contributed by atoms with E-state index in [0.29, 0.717) is 19.6 Å². The summed E-state index contributed by atoms with van der Waals surface area (Å²) < 4.78 is 10.0. The van der Waals surface area contributed by atoms with Crippen LogP contribution < -0.4 is 0 Å². The summed E-state index contributed by atoms with van der Waals surface area (Å²) in [7, 11) is 1.50. The normalized spacial score (nSPS) is 11.3. The minimum atomic E-state index is -0.122. The third kappa shape index (κ3) is 4.22. The van der Waals surface area contributed by atoms with Gasteiger partial charge in [-0.3, -0.25) is 0 Å². The van der Waals surface area contributed by atoms with Gasteiger partial charge in [0.05, 0.1) is 20.3 Å². The standard InChI is InChI=1S/C12H17NO4/c1-3-17-12(16-2)13-7-6-9-4-5-10(14)11(15)8-9/h4-5,8,14-15H,3,6-7H2,1-2H3. The summed E-state index contributed by atoms with van der Waals surface area (Å²) in [6, 6.07) is 4.70. The monoisotopic (exact) mass is 239 g/mol. The Kier molecular flexibility index (Phi) is 5.13. The van der Waals surface area contributed by atoms with Crippen LogP contribution in [0, 0.1) is 0 Å². The fourth-order valence-corrected chi connectivity index (χ4v) is 1.29. The van der Waals surface area contributed by atoms with Gasteiger partial charge in [-0.2, -0.15) is 0 Å². The molecule has 0 saturated carbocycles. The van der Waals surface area contributed by atoms with E-state index in [1.807, 2.05) is 6.92 Å².